The molecule has 0 saturated heterocycles. The second kappa shape index (κ2) is 11.4. The van der Waals surface area contributed by atoms with Crippen molar-refractivity contribution in [2.75, 3.05) is 0 Å². The highest BCUT2D eigenvalue weighted by atomic mass is 79.9. The quantitative estimate of drug-likeness (QED) is 0.190. The SMILES string of the molecule is N#Cc1ccccc1COc1ccc2ccccc2c1C=Nn1c(C2CCCCC2)nc2ccc(Br)cc2c1=O. The number of nitrogens with zero attached hydrogens (tertiary/aromatic N) is 4. The minimum absolute atomic E-state index is 0.178. The molecule has 1 fully saturated rings. The van der Waals surface area contributed by atoms with Gasteiger partial charge in [0.05, 0.1) is 28.8 Å². The summed E-state index contributed by atoms with van der Waals surface area (Å²) in [4.78, 5) is 18.8. The van der Waals surface area contributed by atoms with E-state index >= 15 is 0 Å². The van der Waals surface area contributed by atoms with Gasteiger partial charge in [0, 0.05) is 21.5 Å². The second-order valence-corrected chi connectivity index (χ2v) is 11.0. The van der Waals surface area contributed by atoms with Gasteiger partial charge in [0.2, 0.25) is 0 Å². The van der Waals surface area contributed by atoms with Crippen LogP contribution in [-0.2, 0) is 6.61 Å². The minimum Gasteiger partial charge on any atom is -0.488 e. The molecule has 40 heavy (non-hydrogen) atoms. The number of hydrogen-bond acceptors (Lipinski definition) is 5. The monoisotopic (exact) mass is 590 g/mol. The van der Waals surface area contributed by atoms with Crippen molar-refractivity contribution in [2.24, 2.45) is 5.10 Å². The Hall–Kier alpha value is -4.28. The van der Waals surface area contributed by atoms with Gasteiger partial charge in [0.25, 0.3) is 5.56 Å². The number of ether oxygens (including phenoxy) is 1. The van der Waals surface area contributed by atoms with Gasteiger partial charge in [-0.3, -0.25) is 4.79 Å². The number of benzene rings is 4. The molecule has 6 nitrogen and oxygen atoms in total. The average Bonchev–Trinajstić information content (AvgIpc) is 3.00. The highest BCUT2D eigenvalue weighted by Gasteiger charge is 2.23. The first-order valence-corrected chi connectivity index (χ1v) is 14.3. The average molecular weight is 592 g/mol. The van der Waals surface area contributed by atoms with E-state index in [0.717, 1.165) is 52.1 Å². The Morgan fingerprint density at radius 3 is 2.65 bits per heavy atom. The molecule has 0 N–H and O–H groups in total. The Morgan fingerprint density at radius 2 is 1.80 bits per heavy atom. The van der Waals surface area contributed by atoms with E-state index in [-0.39, 0.29) is 18.1 Å². The number of rotatable bonds is 6. The maximum atomic E-state index is 13.8. The Labute approximate surface area is 240 Å². The van der Waals surface area contributed by atoms with Crippen molar-refractivity contribution >= 4 is 43.8 Å². The number of fused-ring (bicyclic) bond motifs is 2. The minimum atomic E-state index is -0.186. The molecule has 0 atom stereocenters. The van der Waals surface area contributed by atoms with Gasteiger partial charge in [-0.05, 0) is 53.9 Å². The second-order valence-electron chi connectivity index (χ2n) is 10.1. The third-order valence-corrected chi connectivity index (χ3v) is 8.05. The molecule has 6 rings (SSSR count). The maximum Gasteiger partial charge on any atom is 0.282 e. The Morgan fingerprint density at radius 1 is 1.00 bits per heavy atom. The van der Waals surface area contributed by atoms with Crippen LogP contribution >= 0.6 is 15.9 Å². The van der Waals surface area contributed by atoms with Crippen molar-refractivity contribution in [1.82, 2.24) is 9.66 Å². The fourth-order valence-corrected chi connectivity index (χ4v) is 5.82. The molecule has 1 aliphatic rings. The number of aromatic nitrogens is 2. The molecule has 7 heteroatoms. The molecule has 1 saturated carbocycles. The Kier molecular flexibility index (Phi) is 7.43. The van der Waals surface area contributed by atoms with Crippen molar-refractivity contribution < 1.29 is 4.74 Å². The first-order chi connectivity index (χ1) is 19.6. The molecule has 1 aliphatic carbocycles. The first kappa shape index (κ1) is 26.0. The molecule has 0 spiro atoms. The predicted octanol–water partition coefficient (Wildman–Crippen LogP) is 7.69. The third kappa shape index (κ3) is 5.15. The van der Waals surface area contributed by atoms with Crippen molar-refractivity contribution in [3.05, 3.63) is 116 Å². The molecular weight excluding hydrogens is 564 g/mol. The van der Waals surface area contributed by atoms with E-state index in [1.165, 1.54) is 11.1 Å². The van der Waals surface area contributed by atoms with Crippen LogP contribution in [0.15, 0.2) is 93.2 Å². The largest absolute Gasteiger partial charge is 0.488 e. The highest BCUT2D eigenvalue weighted by molar-refractivity contribution is 9.10. The van der Waals surface area contributed by atoms with Crippen LogP contribution in [-0.4, -0.2) is 15.9 Å². The molecule has 1 heterocycles. The van der Waals surface area contributed by atoms with Gasteiger partial charge in [0.15, 0.2) is 0 Å². The van der Waals surface area contributed by atoms with Crippen LogP contribution in [0.1, 0.15) is 60.5 Å². The van der Waals surface area contributed by atoms with Gasteiger partial charge in [-0.15, -0.1) is 0 Å². The fraction of sp³-hybridized carbons (Fsp3) is 0.212. The summed E-state index contributed by atoms with van der Waals surface area (Å²) in [6.45, 7) is 0.238. The summed E-state index contributed by atoms with van der Waals surface area (Å²) in [7, 11) is 0. The van der Waals surface area contributed by atoms with Crippen LogP contribution in [0, 0.1) is 11.3 Å². The lowest BCUT2D eigenvalue weighted by Gasteiger charge is -2.23. The summed E-state index contributed by atoms with van der Waals surface area (Å²) in [6.07, 6.45) is 7.14. The third-order valence-electron chi connectivity index (χ3n) is 7.56. The van der Waals surface area contributed by atoms with Gasteiger partial charge in [-0.2, -0.15) is 15.0 Å². The maximum absolute atomic E-state index is 13.8. The van der Waals surface area contributed by atoms with E-state index in [0.29, 0.717) is 28.0 Å². The molecular formula is C33H27BrN4O2. The Balaban J connectivity index is 1.47. The lowest BCUT2D eigenvalue weighted by molar-refractivity contribution is 0.306. The number of hydrogen-bond donors (Lipinski definition) is 0. The smallest absolute Gasteiger partial charge is 0.282 e. The van der Waals surface area contributed by atoms with Crippen LogP contribution in [0.2, 0.25) is 0 Å². The predicted molar refractivity (Wildman–Crippen MR) is 162 cm³/mol. The zero-order valence-electron chi connectivity index (χ0n) is 21.9. The first-order valence-electron chi connectivity index (χ1n) is 13.5. The molecule has 5 aromatic rings. The lowest BCUT2D eigenvalue weighted by Crippen LogP contribution is -2.25. The highest BCUT2D eigenvalue weighted by Crippen LogP contribution is 2.32. The number of halogens is 1. The van der Waals surface area contributed by atoms with E-state index in [9.17, 15) is 10.1 Å². The van der Waals surface area contributed by atoms with E-state index in [2.05, 4.69) is 22.0 Å². The standard InChI is InChI=1S/C33H27BrN4O2/c34-26-15-16-30-28(18-26)33(39)38(32(37-30)23-9-2-1-3-10-23)36-20-29-27-13-7-6-8-22(27)14-17-31(29)40-21-25-12-5-4-11-24(25)19-35/h4-8,11-18,20,23H,1-3,9-10,21H2. The summed E-state index contributed by atoms with van der Waals surface area (Å²) in [5, 5.41) is 16.8. The van der Waals surface area contributed by atoms with E-state index in [1.54, 1.807) is 18.3 Å². The molecule has 1 aromatic heterocycles. The summed E-state index contributed by atoms with van der Waals surface area (Å²) in [6, 6.07) is 27.2. The van der Waals surface area contributed by atoms with Crippen molar-refractivity contribution in [3.8, 4) is 11.8 Å². The molecule has 198 valence electrons. The molecule has 4 aromatic carbocycles. The molecule has 0 amide bonds. The molecule has 0 radical (unpaired) electrons. The van der Waals surface area contributed by atoms with Crippen molar-refractivity contribution in [3.63, 3.8) is 0 Å². The molecule has 0 aliphatic heterocycles. The molecule has 0 unspecified atom stereocenters. The molecule has 0 bridgehead atoms. The van der Waals surface area contributed by atoms with Crippen molar-refractivity contribution in [2.45, 2.75) is 44.6 Å². The van der Waals surface area contributed by atoms with Crippen LogP contribution in [0.5, 0.6) is 5.75 Å². The van der Waals surface area contributed by atoms with Gasteiger partial charge in [-0.25, -0.2) is 4.98 Å². The zero-order valence-corrected chi connectivity index (χ0v) is 23.5. The van der Waals surface area contributed by atoms with E-state index in [4.69, 9.17) is 14.8 Å². The lowest BCUT2D eigenvalue weighted by atomic mass is 9.88. The van der Waals surface area contributed by atoms with Crippen molar-refractivity contribution in [1.29, 1.82) is 5.26 Å². The summed E-state index contributed by atoms with van der Waals surface area (Å²) in [5.74, 6) is 1.51. The van der Waals surface area contributed by atoms with Crippen LogP contribution in [0.3, 0.4) is 0 Å². The van der Waals surface area contributed by atoms with E-state index < -0.39 is 0 Å². The van der Waals surface area contributed by atoms with Gasteiger partial charge in [0.1, 0.15) is 18.2 Å². The van der Waals surface area contributed by atoms with Gasteiger partial charge < -0.3 is 4.74 Å². The zero-order chi connectivity index (χ0) is 27.5. The normalized spacial score (nSPS) is 14.1. The van der Waals surface area contributed by atoms with Gasteiger partial charge in [-0.1, -0.05) is 83.7 Å². The summed E-state index contributed by atoms with van der Waals surface area (Å²) in [5.41, 5.74) is 2.65. The van der Waals surface area contributed by atoms with Gasteiger partial charge >= 0.3 is 0 Å². The topological polar surface area (TPSA) is 80.3 Å². The Bertz CT molecular complexity index is 1850. The summed E-state index contributed by atoms with van der Waals surface area (Å²) >= 11 is 3.49. The van der Waals surface area contributed by atoms with Crippen LogP contribution in [0.25, 0.3) is 21.7 Å². The number of nitriles is 1. The van der Waals surface area contributed by atoms with Crippen LogP contribution in [0.4, 0.5) is 0 Å². The summed E-state index contributed by atoms with van der Waals surface area (Å²) < 4.78 is 8.58. The van der Waals surface area contributed by atoms with Crippen LogP contribution < -0.4 is 10.3 Å². The fourth-order valence-electron chi connectivity index (χ4n) is 5.46. The van der Waals surface area contributed by atoms with E-state index in [1.807, 2.05) is 66.7 Å².